The molecule has 1 N–H and O–H groups in total. The maximum Gasteiger partial charge on any atom is 0.121 e. The number of imidazole rings is 1. The first kappa shape index (κ1) is 8.77. The van der Waals surface area contributed by atoms with Gasteiger partial charge in [-0.3, -0.25) is 0 Å². The number of nitrogens with zero attached hydrogens (tertiary/aromatic N) is 1. The number of aromatic amines is 1. The molecule has 1 aliphatic carbocycles. The lowest BCUT2D eigenvalue weighted by molar-refractivity contribution is 0.404. The Morgan fingerprint density at radius 1 is 1.40 bits per heavy atom. The third-order valence-corrected chi connectivity index (χ3v) is 3.20. The zero-order valence-electron chi connectivity index (χ0n) is 8.79. The van der Waals surface area contributed by atoms with Crippen LogP contribution in [0.25, 0.3) is 11.0 Å². The summed E-state index contributed by atoms with van der Waals surface area (Å²) >= 11 is 0. The van der Waals surface area contributed by atoms with Crippen LogP contribution in [0.1, 0.15) is 31.0 Å². The molecule has 3 heteroatoms. The SMILES string of the molecule is COc1ccc2nc(C3CCC3)[nH]c2c1. The fraction of sp³-hybridized carbons (Fsp3) is 0.417. The molecule has 0 unspecified atom stereocenters. The van der Waals surface area contributed by atoms with Gasteiger partial charge in [-0.2, -0.15) is 0 Å². The molecule has 1 aromatic carbocycles. The standard InChI is InChI=1S/C12H14N2O/c1-15-9-5-6-10-11(7-9)14-12(13-10)8-3-2-4-8/h5-8H,2-4H2,1H3,(H,13,14). The zero-order chi connectivity index (χ0) is 10.3. The number of benzene rings is 1. The number of hydrogen-bond donors (Lipinski definition) is 1. The molecule has 1 heterocycles. The third kappa shape index (κ3) is 1.39. The van der Waals surface area contributed by atoms with Crippen LogP contribution >= 0.6 is 0 Å². The highest BCUT2D eigenvalue weighted by molar-refractivity contribution is 5.76. The van der Waals surface area contributed by atoms with E-state index in [2.05, 4.69) is 9.97 Å². The van der Waals surface area contributed by atoms with Gasteiger partial charge in [-0.15, -0.1) is 0 Å². The summed E-state index contributed by atoms with van der Waals surface area (Å²) in [6.45, 7) is 0. The van der Waals surface area contributed by atoms with E-state index >= 15 is 0 Å². The van der Waals surface area contributed by atoms with Gasteiger partial charge in [0.1, 0.15) is 11.6 Å². The van der Waals surface area contributed by atoms with Gasteiger partial charge in [0.25, 0.3) is 0 Å². The molecule has 3 nitrogen and oxygen atoms in total. The largest absolute Gasteiger partial charge is 0.497 e. The first-order chi connectivity index (χ1) is 7.36. The summed E-state index contributed by atoms with van der Waals surface area (Å²) in [7, 11) is 1.68. The fourth-order valence-electron chi connectivity index (χ4n) is 2.01. The first-order valence-electron chi connectivity index (χ1n) is 5.40. The monoisotopic (exact) mass is 202 g/mol. The second kappa shape index (κ2) is 3.26. The number of nitrogens with one attached hydrogen (secondary N) is 1. The molecular formula is C12H14N2O. The maximum absolute atomic E-state index is 5.18. The molecule has 2 aromatic rings. The van der Waals surface area contributed by atoms with Gasteiger partial charge in [0, 0.05) is 12.0 Å². The Hall–Kier alpha value is -1.51. The summed E-state index contributed by atoms with van der Waals surface area (Å²) < 4.78 is 5.18. The van der Waals surface area contributed by atoms with E-state index < -0.39 is 0 Å². The second-order valence-corrected chi connectivity index (χ2v) is 4.13. The molecule has 3 rings (SSSR count). The van der Waals surface area contributed by atoms with E-state index in [0.717, 1.165) is 22.6 Å². The molecule has 0 amide bonds. The smallest absolute Gasteiger partial charge is 0.121 e. The van der Waals surface area contributed by atoms with E-state index in [-0.39, 0.29) is 0 Å². The number of methoxy groups -OCH3 is 1. The molecule has 78 valence electrons. The minimum atomic E-state index is 0.656. The first-order valence-corrected chi connectivity index (χ1v) is 5.40. The minimum Gasteiger partial charge on any atom is -0.497 e. The average molecular weight is 202 g/mol. The van der Waals surface area contributed by atoms with Gasteiger partial charge in [0.15, 0.2) is 0 Å². The number of ether oxygens (including phenoxy) is 1. The Morgan fingerprint density at radius 3 is 2.93 bits per heavy atom. The third-order valence-electron chi connectivity index (χ3n) is 3.20. The predicted molar refractivity (Wildman–Crippen MR) is 59.2 cm³/mol. The quantitative estimate of drug-likeness (QED) is 0.813. The van der Waals surface area contributed by atoms with Gasteiger partial charge in [0.05, 0.1) is 18.1 Å². The van der Waals surface area contributed by atoms with Crippen molar-refractivity contribution in [2.45, 2.75) is 25.2 Å². The van der Waals surface area contributed by atoms with Crippen molar-refractivity contribution in [3.05, 3.63) is 24.0 Å². The van der Waals surface area contributed by atoms with Crippen LogP contribution in [0.15, 0.2) is 18.2 Å². The molecule has 1 fully saturated rings. The normalized spacial score (nSPS) is 16.6. The van der Waals surface area contributed by atoms with Crippen LogP contribution in [0.4, 0.5) is 0 Å². The van der Waals surface area contributed by atoms with Crippen LogP contribution < -0.4 is 4.74 Å². The molecule has 0 spiro atoms. The molecule has 0 saturated heterocycles. The lowest BCUT2D eigenvalue weighted by atomic mass is 9.85. The van der Waals surface area contributed by atoms with Crippen LogP contribution in [0, 0.1) is 0 Å². The Kier molecular flexibility index (Phi) is 1.91. The van der Waals surface area contributed by atoms with E-state index in [1.807, 2.05) is 18.2 Å². The Morgan fingerprint density at radius 2 is 2.27 bits per heavy atom. The molecule has 1 aromatic heterocycles. The van der Waals surface area contributed by atoms with Gasteiger partial charge in [-0.25, -0.2) is 4.98 Å². The predicted octanol–water partition coefficient (Wildman–Crippen LogP) is 2.84. The number of hydrogen-bond acceptors (Lipinski definition) is 2. The molecule has 0 bridgehead atoms. The Balaban J connectivity index is 2.04. The fourth-order valence-corrected chi connectivity index (χ4v) is 2.01. The van der Waals surface area contributed by atoms with Gasteiger partial charge < -0.3 is 9.72 Å². The van der Waals surface area contributed by atoms with Crippen molar-refractivity contribution in [3.8, 4) is 5.75 Å². The Bertz CT molecular complexity index is 485. The summed E-state index contributed by atoms with van der Waals surface area (Å²) in [5.41, 5.74) is 2.12. The number of H-pyrrole nitrogens is 1. The minimum absolute atomic E-state index is 0.656. The average Bonchev–Trinajstić information content (AvgIpc) is 2.56. The number of rotatable bonds is 2. The highest BCUT2D eigenvalue weighted by Crippen LogP contribution is 2.35. The van der Waals surface area contributed by atoms with Gasteiger partial charge >= 0.3 is 0 Å². The van der Waals surface area contributed by atoms with Crippen LogP contribution in [0.2, 0.25) is 0 Å². The van der Waals surface area contributed by atoms with Crippen molar-refractivity contribution in [1.29, 1.82) is 0 Å². The molecule has 0 atom stereocenters. The van der Waals surface area contributed by atoms with Crippen molar-refractivity contribution in [2.24, 2.45) is 0 Å². The number of aromatic nitrogens is 2. The summed E-state index contributed by atoms with van der Waals surface area (Å²) in [5, 5.41) is 0. The molecule has 1 saturated carbocycles. The Labute approximate surface area is 88.5 Å². The van der Waals surface area contributed by atoms with E-state index in [4.69, 9.17) is 4.74 Å². The maximum atomic E-state index is 5.18. The van der Waals surface area contributed by atoms with Crippen molar-refractivity contribution < 1.29 is 4.74 Å². The van der Waals surface area contributed by atoms with Gasteiger partial charge in [-0.05, 0) is 25.0 Å². The molecular weight excluding hydrogens is 188 g/mol. The topological polar surface area (TPSA) is 37.9 Å². The van der Waals surface area contributed by atoms with E-state index in [9.17, 15) is 0 Å². The van der Waals surface area contributed by atoms with Crippen LogP contribution in [-0.2, 0) is 0 Å². The highest BCUT2D eigenvalue weighted by atomic mass is 16.5. The van der Waals surface area contributed by atoms with Crippen molar-refractivity contribution in [1.82, 2.24) is 9.97 Å². The van der Waals surface area contributed by atoms with E-state index in [0.29, 0.717) is 5.92 Å². The second-order valence-electron chi connectivity index (χ2n) is 4.13. The summed E-state index contributed by atoms with van der Waals surface area (Å²) in [4.78, 5) is 7.98. The van der Waals surface area contributed by atoms with Crippen molar-refractivity contribution in [2.75, 3.05) is 7.11 Å². The van der Waals surface area contributed by atoms with Gasteiger partial charge in [-0.1, -0.05) is 6.42 Å². The zero-order valence-corrected chi connectivity index (χ0v) is 8.79. The van der Waals surface area contributed by atoms with Crippen molar-refractivity contribution in [3.63, 3.8) is 0 Å². The molecule has 0 radical (unpaired) electrons. The van der Waals surface area contributed by atoms with Crippen molar-refractivity contribution >= 4 is 11.0 Å². The van der Waals surface area contributed by atoms with Crippen LogP contribution in [0.5, 0.6) is 5.75 Å². The summed E-state index contributed by atoms with van der Waals surface area (Å²) in [6, 6.07) is 5.96. The summed E-state index contributed by atoms with van der Waals surface area (Å²) in [5.74, 6) is 2.68. The van der Waals surface area contributed by atoms with Crippen LogP contribution in [-0.4, -0.2) is 17.1 Å². The van der Waals surface area contributed by atoms with Gasteiger partial charge in [0.2, 0.25) is 0 Å². The lowest BCUT2D eigenvalue weighted by Gasteiger charge is -2.22. The van der Waals surface area contributed by atoms with E-state index in [1.54, 1.807) is 7.11 Å². The van der Waals surface area contributed by atoms with Crippen LogP contribution in [0.3, 0.4) is 0 Å². The highest BCUT2D eigenvalue weighted by Gasteiger charge is 2.22. The number of fused-ring (bicyclic) bond motifs is 1. The molecule has 15 heavy (non-hydrogen) atoms. The molecule has 1 aliphatic rings. The summed E-state index contributed by atoms with van der Waals surface area (Å²) in [6.07, 6.45) is 3.89. The molecule has 0 aliphatic heterocycles. The lowest BCUT2D eigenvalue weighted by Crippen LogP contribution is -2.10. The van der Waals surface area contributed by atoms with E-state index in [1.165, 1.54) is 19.3 Å².